The lowest BCUT2D eigenvalue weighted by Crippen LogP contribution is -2.32. The van der Waals surface area contributed by atoms with E-state index < -0.39 is 28.0 Å². The summed E-state index contributed by atoms with van der Waals surface area (Å²) in [5, 5.41) is 2.92. The number of ether oxygens (including phenoxy) is 2. The highest BCUT2D eigenvalue weighted by Gasteiger charge is 2.21. The van der Waals surface area contributed by atoms with E-state index in [1.807, 2.05) is 0 Å². The van der Waals surface area contributed by atoms with Gasteiger partial charge in [0, 0.05) is 7.05 Å². The highest BCUT2D eigenvalue weighted by atomic mass is 35.5. The Bertz CT molecular complexity index is 1020. The van der Waals surface area contributed by atoms with Gasteiger partial charge >= 0.3 is 5.97 Å². The van der Waals surface area contributed by atoms with E-state index in [9.17, 15) is 18.0 Å². The number of esters is 1. The molecule has 0 aliphatic rings. The maximum absolute atomic E-state index is 12.7. The number of amides is 1. The van der Waals surface area contributed by atoms with Crippen LogP contribution in [0.4, 0.5) is 11.4 Å². The van der Waals surface area contributed by atoms with Crippen molar-refractivity contribution in [2.24, 2.45) is 0 Å². The van der Waals surface area contributed by atoms with Gasteiger partial charge in [0.15, 0.2) is 6.10 Å². The Morgan fingerprint density at radius 2 is 1.80 bits per heavy atom. The summed E-state index contributed by atoms with van der Waals surface area (Å²) in [5.41, 5.74) is 0.974. The van der Waals surface area contributed by atoms with Gasteiger partial charge in [-0.2, -0.15) is 0 Å². The molecule has 1 amide bonds. The molecule has 1 N–H and O–H groups in total. The van der Waals surface area contributed by atoms with E-state index in [4.69, 9.17) is 16.3 Å². The van der Waals surface area contributed by atoms with E-state index >= 15 is 0 Å². The van der Waals surface area contributed by atoms with Crippen LogP contribution in [0.25, 0.3) is 0 Å². The molecule has 1 atom stereocenters. The van der Waals surface area contributed by atoms with E-state index in [1.54, 1.807) is 31.2 Å². The van der Waals surface area contributed by atoms with Gasteiger partial charge < -0.3 is 14.8 Å². The van der Waals surface area contributed by atoms with Crippen molar-refractivity contribution in [3.05, 3.63) is 53.1 Å². The van der Waals surface area contributed by atoms with Crippen LogP contribution in [-0.4, -0.2) is 46.8 Å². The largest absolute Gasteiger partial charge is 0.481 e. The van der Waals surface area contributed by atoms with Gasteiger partial charge in [-0.3, -0.25) is 9.10 Å². The van der Waals surface area contributed by atoms with Crippen LogP contribution in [0.1, 0.15) is 23.7 Å². The van der Waals surface area contributed by atoms with Gasteiger partial charge in [-0.1, -0.05) is 18.5 Å². The van der Waals surface area contributed by atoms with Gasteiger partial charge in [0.05, 0.1) is 35.3 Å². The molecule has 2 aromatic rings. The minimum absolute atomic E-state index is 0.247. The number of hydrogen-bond acceptors (Lipinski definition) is 6. The minimum atomic E-state index is -3.38. The molecule has 2 aromatic carbocycles. The first-order valence-corrected chi connectivity index (χ1v) is 11.2. The number of hydrogen-bond donors (Lipinski definition) is 1. The maximum Gasteiger partial charge on any atom is 0.337 e. The Kier molecular flexibility index (Phi) is 7.69. The molecule has 0 saturated carbocycles. The van der Waals surface area contributed by atoms with E-state index in [2.05, 4.69) is 10.1 Å². The van der Waals surface area contributed by atoms with Crippen molar-refractivity contribution >= 4 is 44.9 Å². The fourth-order valence-electron chi connectivity index (χ4n) is 2.49. The normalized spacial score (nSPS) is 12.0. The van der Waals surface area contributed by atoms with Crippen molar-refractivity contribution in [2.75, 3.05) is 30.0 Å². The summed E-state index contributed by atoms with van der Waals surface area (Å²) in [6.45, 7) is 1.78. The summed E-state index contributed by atoms with van der Waals surface area (Å²) in [7, 11) is -0.674. The third kappa shape index (κ3) is 5.87. The molecule has 0 radical (unpaired) electrons. The molecule has 0 heterocycles. The van der Waals surface area contributed by atoms with Crippen LogP contribution in [-0.2, 0) is 19.6 Å². The van der Waals surface area contributed by atoms with Crippen molar-refractivity contribution in [1.29, 1.82) is 0 Å². The summed E-state index contributed by atoms with van der Waals surface area (Å²) < 4.78 is 34.8. The first-order valence-electron chi connectivity index (χ1n) is 8.96. The Balaban J connectivity index is 2.13. The minimum Gasteiger partial charge on any atom is -0.481 e. The standard InChI is InChI=1S/C20H23ClN2O6S/c1-5-18(29-15-9-7-14(8-10-15)23(2)30(4,26)27)19(24)22-17-12-13(20(25)28-3)6-11-16(17)21/h6-12,18H,5H2,1-4H3,(H,22,24). The third-order valence-corrected chi connectivity index (χ3v) is 5.82. The zero-order valence-electron chi connectivity index (χ0n) is 17.0. The second kappa shape index (κ2) is 9.82. The number of nitrogens with zero attached hydrogens (tertiary/aromatic N) is 1. The molecule has 0 bridgehead atoms. The van der Waals surface area contributed by atoms with E-state index in [-0.39, 0.29) is 16.3 Å². The summed E-state index contributed by atoms with van der Waals surface area (Å²) in [5.74, 6) is -0.597. The van der Waals surface area contributed by atoms with Crippen molar-refractivity contribution in [1.82, 2.24) is 0 Å². The molecule has 8 nitrogen and oxygen atoms in total. The predicted molar refractivity (Wildman–Crippen MR) is 116 cm³/mol. The molecule has 0 aromatic heterocycles. The predicted octanol–water partition coefficient (Wildman–Crippen LogP) is 3.32. The fourth-order valence-corrected chi connectivity index (χ4v) is 3.16. The number of rotatable bonds is 8. The molecule has 2 rings (SSSR count). The second-order valence-corrected chi connectivity index (χ2v) is 8.84. The van der Waals surface area contributed by atoms with Gasteiger partial charge in [0.25, 0.3) is 5.91 Å². The number of carbonyl (C=O) groups excluding carboxylic acids is 2. The lowest BCUT2D eigenvalue weighted by atomic mass is 10.2. The lowest BCUT2D eigenvalue weighted by Gasteiger charge is -2.20. The number of nitrogens with one attached hydrogen (secondary N) is 1. The van der Waals surface area contributed by atoms with E-state index in [0.29, 0.717) is 17.9 Å². The molecule has 30 heavy (non-hydrogen) atoms. The highest BCUT2D eigenvalue weighted by Crippen LogP contribution is 2.25. The number of benzene rings is 2. The third-order valence-electron chi connectivity index (χ3n) is 4.28. The summed E-state index contributed by atoms with van der Waals surface area (Å²) in [4.78, 5) is 24.3. The quantitative estimate of drug-likeness (QED) is 0.614. The SMILES string of the molecule is CCC(Oc1ccc(N(C)S(C)(=O)=O)cc1)C(=O)Nc1cc(C(=O)OC)ccc1Cl. The summed E-state index contributed by atoms with van der Waals surface area (Å²) >= 11 is 6.12. The monoisotopic (exact) mass is 454 g/mol. The first-order chi connectivity index (χ1) is 14.1. The molecular weight excluding hydrogens is 432 g/mol. The van der Waals surface area contributed by atoms with Crippen molar-refractivity contribution in [3.63, 3.8) is 0 Å². The van der Waals surface area contributed by atoms with Crippen molar-refractivity contribution in [3.8, 4) is 5.75 Å². The summed E-state index contributed by atoms with van der Waals surface area (Å²) in [6.07, 6.45) is 0.640. The van der Waals surface area contributed by atoms with E-state index in [0.717, 1.165) is 10.6 Å². The van der Waals surface area contributed by atoms with Crippen LogP contribution < -0.4 is 14.4 Å². The Morgan fingerprint density at radius 3 is 2.33 bits per heavy atom. The molecule has 0 spiro atoms. The van der Waals surface area contributed by atoms with Crippen LogP contribution in [0.3, 0.4) is 0 Å². The molecule has 10 heteroatoms. The zero-order chi connectivity index (χ0) is 22.5. The lowest BCUT2D eigenvalue weighted by molar-refractivity contribution is -0.122. The number of sulfonamides is 1. The van der Waals surface area contributed by atoms with E-state index in [1.165, 1.54) is 32.4 Å². The van der Waals surface area contributed by atoms with Crippen LogP contribution in [0.5, 0.6) is 5.75 Å². The molecule has 0 aliphatic carbocycles. The Labute approximate surface area is 180 Å². The van der Waals surface area contributed by atoms with Gasteiger partial charge in [0.1, 0.15) is 5.75 Å². The molecule has 0 aliphatic heterocycles. The maximum atomic E-state index is 12.7. The van der Waals surface area contributed by atoms with Gasteiger partial charge in [-0.05, 0) is 48.9 Å². The van der Waals surface area contributed by atoms with Gasteiger partial charge in [-0.15, -0.1) is 0 Å². The molecule has 162 valence electrons. The molecule has 0 fully saturated rings. The van der Waals surface area contributed by atoms with Crippen LogP contribution in [0.15, 0.2) is 42.5 Å². The Morgan fingerprint density at radius 1 is 1.17 bits per heavy atom. The number of halogens is 1. The Hall–Kier alpha value is -2.78. The smallest absolute Gasteiger partial charge is 0.337 e. The number of anilines is 2. The number of carbonyl (C=O) groups is 2. The van der Waals surface area contributed by atoms with Crippen LogP contribution in [0, 0.1) is 0 Å². The van der Waals surface area contributed by atoms with Gasteiger partial charge in [-0.25, -0.2) is 13.2 Å². The average Bonchev–Trinajstić information content (AvgIpc) is 2.72. The fraction of sp³-hybridized carbons (Fsp3) is 0.300. The number of methoxy groups -OCH3 is 1. The summed E-state index contributed by atoms with van der Waals surface area (Å²) in [6, 6.07) is 10.7. The van der Waals surface area contributed by atoms with Crippen LogP contribution in [0.2, 0.25) is 5.02 Å². The average molecular weight is 455 g/mol. The highest BCUT2D eigenvalue weighted by molar-refractivity contribution is 7.92. The zero-order valence-corrected chi connectivity index (χ0v) is 18.6. The topological polar surface area (TPSA) is 102 Å². The van der Waals surface area contributed by atoms with Crippen molar-refractivity contribution < 1.29 is 27.5 Å². The first kappa shape index (κ1) is 23.5. The molecular formula is C20H23ClN2O6S. The van der Waals surface area contributed by atoms with Gasteiger partial charge in [0.2, 0.25) is 10.0 Å². The van der Waals surface area contributed by atoms with Crippen molar-refractivity contribution in [2.45, 2.75) is 19.4 Å². The van der Waals surface area contributed by atoms with Crippen LogP contribution >= 0.6 is 11.6 Å². The molecule has 0 saturated heterocycles. The molecule has 1 unspecified atom stereocenters. The second-order valence-electron chi connectivity index (χ2n) is 6.41.